The Balaban J connectivity index is 2.09. The topological polar surface area (TPSA) is 44.8 Å². The van der Waals surface area contributed by atoms with Gasteiger partial charge >= 0.3 is 5.97 Å². The number of para-hydroxylation sites is 1. The van der Waals surface area contributed by atoms with E-state index in [-0.39, 0.29) is 0 Å². The lowest BCUT2D eigenvalue weighted by Crippen LogP contribution is -2.13. The van der Waals surface area contributed by atoms with E-state index in [4.69, 9.17) is 14.2 Å². The lowest BCUT2D eigenvalue weighted by Gasteiger charge is -2.18. The quantitative estimate of drug-likeness (QED) is 0.213. The molecule has 0 heterocycles. The first-order chi connectivity index (χ1) is 14.7. The molecule has 3 aromatic carbocycles. The molecule has 0 bridgehead atoms. The van der Waals surface area contributed by atoms with Crippen LogP contribution in [0.4, 0.5) is 0 Å². The summed E-state index contributed by atoms with van der Waals surface area (Å²) in [6.07, 6.45) is 3.91. The van der Waals surface area contributed by atoms with Crippen molar-refractivity contribution in [2.45, 2.75) is 46.5 Å². The Bertz CT molecular complexity index is 979. The third kappa shape index (κ3) is 5.12. The first-order valence-electron chi connectivity index (χ1n) is 10.7. The Morgan fingerprint density at radius 1 is 0.867 bits per heavy atom. The van der Waals surface area contributed by atoms with E-state index in [9.17, 15) is 4.79 Å². The van der Waals surface area contributed by atoms with Crippen LogP contribution in [-0.4, -0.2) is 19.2 Å². The van der Waals surface area contributed by atoms with Crippen LogP contribution in [0.1, 0.15) is 55.5 Å². The number of carbonyl (C=O) groups excluding carboxylic acids is 1. The van der Waals surface area contributed by atoms with Gasteiger partial charge in [0, 0.05) is 10.8 Å². The van der Waals surface area contributed by atoms with Gasteiger partial charge in [-0.3, -0.25) is 0 Å². The molecule has 30 heavy (non-hydrogen) atoms. The maximum Gasteiger partial charge on any atom is 0.347 e. The SMILES string of the molecule is CCCCOc1c(C(=O)Oc2ccccc2)cc(OCCCC)c2c(C)cccc12. The van der Waals surface area contributed by atoms with Gasteiger partial charge in [-0.2, -0.15) is 0 Å². The second-order valence-corrected chi connectivity index (χ2v) is 7.36. The maximum absolute atomic E-state index is 13.1. The second-order valence-electron chi connectivity index (χ2n) is 7.36. The highest BCUT2D eigenvalue weighted by Gasteiger charge is 2.22. The molecule has 0 radical (unpaired) electrons. The van der Waals surface area contributed by atoms with Crippen LogP contribution >= 0.6 is 0 Å². The molecule has 158 valence electrons. The molecular formula is C26H30O4. The molecule has 0 amide bonds. The largest absolute Gasteiger partial charge is 0.493 e. The first kappa shape index (κ1) is 21.7. The molecule has 0 saturated carbocycles. The average molecular weight is 407 g/mol. The van der Waals surface area contributed by atoms with Crippen molar-refractivity contribution in [2.24, 2.45) is 0 Å². The molecule has 3 rings (SSSR count). The molecule has 3 aromatic rings. The number of unbranched alkanes of at least 4 members (excludes halogenated alkanes) is 2. The van der Waals surface area contributed by atoms with Crippen LogP contribution in [-0.2, 0) is 0 Å². The number of rotatable bonds is 10. The fourth-order valence-corrected chi connectivity index (χ4v) is 3.31. The Hall–Kier alpha value is -3.01. The van der Waals surface area contributed by atoms with Crippen molar-refractivity contribution in [1.82, 2.24) is 0 Å². The van der Waals surface area contributed by atoms with E-state index >= 15 is 0 Å². The fraction of sp³-hybridized carbons (Fsp3) is 0.346. The van der Waals surface area contributed by atoms with Crippen LogP contribution in [0.5, 0.6) is 17.2 Å². The average Bonchev–Trinajstić information content (AvgIpc) is 2.75. The van der Waals surface area contributed by atoms with E-state index in [2.05, 4.69) is 13.8 Å². The van der Waals surface area contributed by atoms with Gasteiger partial charge in [-0.1, -0.05) is 63.1 Å². The van der Waals surface area contributed by atoms with Crippen molar-refractivity contribution in [1.29, 1.82) is 0 Å². The van der Waals surface area contributed by atoms with Crippen LogP contribution < -0.4 is 14.2 Å². The van der Waals surface area contributed by atoms with Crippen molar-refractivity contribution in [2.75, 3.05) is 13.2 Å². The third-order valence-electron chi connectivity index (χ3n) is 4.96. The van der Waals surface area contributed by atoms with Crippen LogP contribution in [0.2, 0.25) is 0 Å². The minimum atomic E-state index is -0.448. The van der Waals surface area contributed by atoms with Gasteiger partial charge in [0.25, 0.3) is 0 Å². The van der Waals surface area contributed by atoms with Crippen molar-refractivity contribution >= 4 is 16.7 Å². The van der Waals surface area contributed by atoms with E-state index < -0.39 is 5.97 Å². The standard InChI is InChI=1S/C26H30O4/c1-4-6-16-28-23-18-22(26(27)30-20-13-9-8-10-14-20)25(29-17-7-5-2)21-15-11-12-19(3)24(21)23/h8-15,18H,4-7,16-17H2,1-3H3. The summed E-state index contributed by atoms with van der Waals surface area (Å²) in [6, 6.07) is 16.9. The van der Waals surface area contributed by atoms with Crippen molar-refractivity contribution in [3.05, 3.63) is 65.7 Å². The highest BCUT2D eigenvalue weighted by Crippen LogP contribution is 2.39. The zero-order valence-electron chi connectivity index (χ0n) is 18.1. The summed E-state index contributed by atoms with van der Waals surface area (Å²) < 4.78 is 17.9. The highest BCUT2D eigenvalue weighted by atomic mass is 16.5. The number of esters is 1. The van der Waals surface area contributed by atoms with Gasteiger partial charge < -0.3 is 14.2 Å². The predicted molar refractivity (Wildman–Crippen MR) is 121 cm³/mol. The molecule has 0 fully saturated rings. The summed E-state index contributed by atoms with van der Waals surface area (Å²) in [7, 11) is 0. The molecule has 0 aliphatic carbocycles. The first-order valence-corrected chi connectivity index (χ1v) is 10.7. The summed E-state index contributed by atoms with van der Waals surface area (Å²) in [5.41, 5.74) is 1.47. The molecule has 0 aliphatic rings. The molecule has 0 unspecified atom stereocenters. The fourth-order valence-electron chi connectivity index (χ4n) is 3.31. The number of aryl methyl sites for hydroxylation is 1. The number of hydrogen-bond acceptors (Lipinski definition) is 4. The minimum absolute atomic E-state index is 0.388. The van der Waals surface area contributed by atoms with Crippen LogP contribution in [0.25, 0.3) is 10.8 Å². The predicted octanol–water partition coefficient (Wildman–Crippen LogP) is 6.73. The summed E-state index contributed by atoms with van der Waals surface area (Å²) in [5, 5.41) is 1.86. The Kier molecular flexibility index (Phi) is 7.72. The van der Waals surface area contributed by atoms with Gasteiger partial charge in [0.05, 0.1) is 13.2 Å². The van der Waals surface area contributed by atoms with Gasteiger partial charge in [0.1, 0.15) is 22.8 Å². The van der Waals surface area contributed by atoms with Gasteiger partial charge in [-0.25, -0.2) is 4.79 Å². The van der Waals surface area contributed by atoms with Crippen molar-refractivity contribution in [3.8, 4) is 17.2 Å². The third-order valence-corrected chi connectivity index (χ3v) is 4.96. The van der Waals surface area contributed by atoms with Gasteiger partial charge in [-0.05, 0) is 43.5 Å². The lowest BCUT2D eigenvalue weighted by molar-refractivity contribution is 0.0730. The number of ether oxygens (including phenoxy) is 3. The summed E-state index contributed by atoms with van der Waals surface area (Å²) >= 11 is 0. The Morgan fingerprint density at radius 2 is 1.57 bits per heavy atom. The summed E-state index contributed by atoms with van der Waals surface area (Å²) in [4.78, 5) is 13.1. The highest BCUT2D eigenvalue weighted by molar-refractivity contribution is 6.05. The van der Waals surface area contributed by atoms with E-state index in [1.165, 1.54) is 0 Å². The smallest absolute Gasteiger partial charge is 0.347 e. The van der Waals surface area contributed by atoms with Gasteiger partial charge in [0.2, 0.25) is 0 Å². The van der Waals surface area contributed by atoms with Crippen molar-refractivity contribution < 1.29 is 19.0 Å². The molecular weight excluding hydrogens is 376 g/mol. The van der Waals surface area contributed by atoms with Crippen LogP contribution in [0, 0.1) is 6.92 Å². The normalized spacial score (nSPS) is 10.8. The number of hydrogen-bond donors (Lipinski definition) is 0. The van der Waals surface area contributed by atoms with E-state index in [1.807, 2.05) is 43.3 Å². The van der Waals surface area contributed by atoms with Crippen molar-refractivity contribution in [3.63, 3.8) is 0 Å². The van der Waals surface area contributed by atoms with Crippen LogP contribution in [0.15, 0.2) is 54.6 Å². The summed E-state index contributed by atoms with van der Waals surface area (Å²) in [5.74, 6) is 1.31. The molecule has 0 aromatic heterocycles. The molecule has 0 N–H and O–H groups in total. The Morgan fingerprint density at radius 3 is 2.27 bits per heavy atom. The molecule has 4 heteroatoms. The lowest BCUT2D eigenvalue weighted by atomic mass is 10.00. The zero-order chi connectivity index (χ0) is 21.3. The van der Waals surface area contributed by atoms with Crippen LogP contribution in [0.3, 0.4) is 0 Å². The molecule has 0 saturated heterocycles. The summed E-state index contributed by atoms with van der Waals surface area (Å²) in [6.45, 7) is 7.43. The van der Waals surface area contributed by atoms with Gasteiger partial charge in [0.15, 0.2) is 0 Å². The monoisotopic (exact) mass is 406 g/mol. The van der Waals surface area contributed by atoms with Gasteiger partial charge in [-0.15, -0.1) is 0 Å². The molecule has 0 aliphatic heterocycles. The van der Waals surface area contributed by atoms with E-state index in [0.717, 1.165) is 42.0 Å². The minimum Gasteiger partial charge on any atom is -0.493 e. The molecule has 0 atom stereocenters. The number of benzene rings is 3. The Labute approximate surface area is 178 Å². The number of carbonyl (C=O) groups is 1. The number of fused-ring (bicyclic) bond motifs is 1. The molecule has 4 nitrogen and oxygen atoms in total. The maximum atomic E-state index is 13.1. The zero-order valence-corrected chi connectivity index (χ0v) is 18.1. The molecule has 0 spiro atoms. The second kappa shape index (κ2) is 10.7. The van der Waals surface area contributed by atoms with E-state index in [0.29, 0.717) is 36.0 Å². The van der Waals surface area contributed by atoms with E-state index in [1.54, 1.807) is 18.2 Å².